The molecule has 2 N–H and O–H groups in total. The van der Waals surface area contributed by atoms with Crippen LogP contribution in [0.3, 0.4) is 0 Å². The van der Waals surface area contributed by atoms with E-state index in [0.29, 0.717) is 13.2 Å². The minimum atomic E-state index is 0.249. The molecule has 0 bridgehead atoms. The van der Waals surface area contributed by atoms with Crippen molar-refractivity contribution in [1.29, 1.82) is 0 Å². The van der Waals surface area contributed by atoms with Crippen LogP contribution >= 0.6 is 0 Å². The molecule has 1 aromatic carbocycles. The molecule has 0 saturated carbocycles. The molecule has 3 nitrogen and oxygen atoms in total. The van der Waals surface area contributed by atoms with Gasteiger partial charge in [-0.15, -0.1) is 0 Å². The number of rotatable bonds is 4. The molecular weight excluding hydrogens is 214 g/mol. The Morgan fingerprint density at radius 2 is 2.00 bits per heavy atom. The van der Waals surface area contributed by atoms with Gasteiger partial charge < -0.3 is 15.2 Å². The average molecular weight is 235 g/mol. The van der Waals surface area contributed by atoms with E-state index in [1.807, 2.05) is 19.9 Å². The first-order chi connectivity index (χ1) is 8.26. The van der Waals surface area contributed by atoms with E-state index in [4.69, 9.17) is 15.2 Å². The van der Waals surface area contributed by atoms with Crippen LogP contribution in [-0.4, -0.2) is 19.3 Å². The lowest BCUT2D eigenvalue weighted by Crippen LogP contribution is -2.28. The van der Waals surface area contributed by atoms with Gasteiger partial charge in [-0.25, -0.2) is 0 Å². The van der Waals surface area contributed by atoms with Crippen LogP contribution in [-0.2, 0) is 12.8 Å². The minimum absolute atomic E-state index is 0.249. The summed E-state index contributed by atoms with van der Waals surface area (Å²) < 4.78 is 11.4. The molecule has 0 fully saturated rings. The van der Waals surface area contributed by atoms with Gasteiger partial charge in [-0.1, -0.05) is 6.07 Å². The molecule has 0 spiro atoms. The van der Waals surface area contributed by atoms with Crippen molar-refractivity contribution in [1.82, 2.24) is 0 Å². The van der Waals surface area contributed by atoms with Crippen molar-refractivity contribution in [2.45, 2.75) is 39.2 Å². The molecule has 0 amide bonds. The highest BCUT2D eigenvalue weighted by molar-refractivity contribution is 5.52. The Kier molecular flexibility index (Phi) is 3.89. The Hall–Kier alpha value is -1.22. The average Bonchev–Trinajstić information content (AvgIpc) is 2.33. The van der Waals surface area contributed by atoms with Gasteiger partial charge >= 0.3 is 0 Å². The van der Waals surface area contributed by atoms with Gasteiger partial charge in [0.15, 0.2) is 11.5 Å². The summed E-state index contributed by atoms with van der Waals surface area (Å²) in [5.41, 5.74) is 8.65. The Bertz CT molecular complexity index is 390. The molecule has 1 aromatic rings. The van der Waals surface area contributed by atoms with Crippen LogP contribution in [0.1, 0.15) is 31.4 Å². The van der Waals surface area contributed by atoms with Gasteiger partial charge in [0.1, 0.15) is 0 Å². The monoisotopic (exact) mass is 235 g/mol. The zero-order chi connectivity index (χ0) is 12.3. The lowest BCUT2D eigenvalue weighted by atomic mass is 9.88. The summed E-state index contributed by atoms with van der Waals surface area (Å²) in [6.45, 7) is 5.30. The Labute approximate surface area is 103 Å². The van der Waals surface area contributed by atoms with Gasteiger partial charge in [-0.05, 0) is 44.7 Å². The summed E-state index contributed by atoms with van der Waals surface area (Å²) in [5, 5.41) is 0. The highest BCUT2D eigenvalue weighted by Gasteiger charge is 2.22. The second kappa shape index (κ2) is 5.41. The lowest BCUT2D eigenvalue weighted by Gasteiger charge is -2.25. The normalized spacial score (nSPS) is 18.6. The minimum Gasteiger partial charge on any atom is -0.490 e. The summed E-state index contributed by atoms with van der Waals surface area (Å²) in [5.74, 6) is 1.75. The number of fused-ring (bicyclic) bond motifs is 1. The highest BCUT2D eigenvalue weighted by atomic mass is 16.5. The summed E-state index contributed by atoms with van der Waals surface area (Å²) in [7, 11) is 0. The third kappa shape index (κ3) is 2.55. The second-order valence-electron chi connectivity index (χ2n) is 4.40. The van der Waals surface area contributed by atoms with Crippen LogP contribution in [0.15, 0.2) is 12.1 Å². The molecule has 0 unspecified atom stereocenters. The summed E-state index contributed by atoms with van der Waals surface area (Å²) in [6, 6.07) is 4.41. The highest BCUT2D eigenvalue weighted by Crippen LogP contribution is 2.37. The summed E-state index contributed by atoms with van der Waals surface area (Å²) in [4.78, 5) is 0. The Balaban J connectivity index is 2.40. The molecule has 3 heteroatoms. The maximum absolute atomic E-state index is 6.04. The molecule has 1 aliphatic rings. The quantitative estimate of drug-likeness (QED) is 0.871. The van der Waals surface area contributed by atoms with Crippen molar-refractivity contribution in [2.24, 2.45) is 5.73 Å². The SMILES string of the molecule is CCOc1ccc2c(c1OCC)C[C@H](N)CC2. The maximum Gasteiger partial charge on any atom is 0.164 e. The van der Waals surface area contributed by atoms with Gasteiger partial charge in [0, 0.05) is 11.6 Å². The van der Waals surface area contributed by atoms with Crippen LogP contribution in [0.4, 0.5) is 0 Å². The van der Waals surface area contributed by atoms with E-state index in [2.05, 4.69) is 6.07 Å². The number of hydrogen-bond donors (Lipinski definition) is 1. The van der Waals surface area contributed by atoms with Gasteiger partial charge in [-0.3, -0.25) is 0 Å². The zero-order valence-corrected chi connectivity index (χ0v) is 10.7. The van der Waals surface area contributed by atoms with Crippen LogP contribution in [0, 0.1) is 0 Å². The molecule has 1 aliphatic carbocycles. The second-order valence-corrected chi connectivity index (χ2v) is 4.40. The van der Waals surface area contributed by atoms with Crippen molar-refractivity contribution >= 4 is 0 Å². The fraction of sp³-hybridized carbons (Fsp3) is 0.571. The third-order valence-corrected chi connectivity index (χ3v) is 3.16. The lowest BCUT2D eigenvalue weighted by molar-refractivity contribution is 0.283. The molecule has 2 rings (SSSR count). The van der Waals surface area contributed by atoms with Gasteiger partial charge in [0.2, 0.25) is 0 Å². The van der Waals surface area contributed by atoms with Crippen molar-refractivity contribution in [3.05, 3.63) is 23.3 Å². The largest absolute Gasteiger partial charge is 0.490 e. The molecule has 0 heterocycles. The van der Waals surface area contributed by atoms with Crippen LogP contribution in [0.5, 0.6) is 11.5 Å². The fourth-order valence-corrected chi connectivity index (χ4v) is 2.38. The van der Waals surface area contributed by atoms with E-state index >= 15 is 0 Å². The molecule has 0 saturated heterocycles. The Morgan fingerprint density at radius 1 is 1.24 bits per heavy atom. The van der Waals surface area contributed by atoms with E-state index in [1.54, 1.807) is 0 Å². The molecular formula is C14H21NO2. The van der Waals surface area contributed by atoms with E-state index in [1.165, 1.54) is 11.1 Å². The Morgan fingerprint density at radius 3 is 2.71 bits per heavy atom. The first kappa shape index (κ1) is 12.2. The number of ether oxygens (including phenoxy) is 2. The predicted octanol–water partition coefficient (Wildman–Crippen LogP) is 2.30. The van der Waals surface area contributed by atoms with E-state index < -0.39 is 0 Å². The smallest absolute Gasteiger partial charge is 0.164 e. The summed E-state index contributed by atoms with van der Waals surface area (Å²) >= 11 is 0. The number of benzene rings is 1. The number of hydrogen-bond acceptors (Lipinski definition) is 3. The molecule has 0 radical (unpaired) electrons. The van der Waals surface area contributed by atoms with E-state index in [-0.39, 0.29) is 6.04 Å². The van der Waals surface area contributed by atoms with Gasteiger partial charge in [0.25, 0.3) is 0 Å². The van der Waals surface area contributed by atoms with Crippen LogP contribution < -0.4 is 15.2 Å². The van der Waals surface area contributed by atoms with Gasteiger partial charge in [-0.2, -0.15) is 0 Å². The molecule has 0 aromatic heterocycles. The fourth-order valence-electron chi connectivity index (χ4n) is 2.38. The van der Waals surface area contributed by atoms with Crippen LogP contribution in [0.25, 0.3) is 0 Å². The molecule has 17 heavy (non-hydrogen) atoms. The number of aryl methyl sites for hydroxylation is 1. The topological polar surface area (TPSA) is 44.5 Å². The number of nitrogens with two attached hydrogens (primary N) is 1. The first-order valence-corrected chi connectivity index (χ1v) is 6.42. The van der Waals surface area contributed by atoms with Crippen molar-refractivity contribution in [3.8, 4) is 11.5 Å². The molecule has 0 aliphatic heterocycles. The van der Waals surface area contributed by atoms with Crippen molar-refractivity contribution < 1.29 is 9.47 Å². The van der Waals surface area contributed by atoms with Crippen LogP contribution in [0.2, 0.25) is 0 Å². The van der Waals surface area contributed by atoms with Crippen molar-refractivity contribution in [2.75, 3.05) is 13.2 Å². The predicted molar refractivity (Wildman–Crippen MR) is 68.8 cm³/mol. The van der Waals surface area contributed by atoms with E-state index in [9.17, 15) is 0 Å². The molecule has 94 valence electrons. The summed E-state index contributed by atoms with van der Waals surface area (Å²) in [6.07, 6.45) is 3.00. The van der Waals surface area contributed by atoms with E-state index in [0.717, 1.165) is 30.8 Å². The zero-order valence-electron chi connectivity index (χ0n) is 10.7. The van der Waals surface area contributed by atoms with Gasteiger partial charge in [0.05, 0.1) is 13.2 Å². The first-order valence-electron chi connectivity index (χ1n) is 6.42. The molecule has 1 atom stereocenters. The third-order valence-electron chi connectivity index (χ3n) is 3.16. The standard InChI is InChI=1S/C14H21NO2/c1-3-16-13-8-6-10-5-7-11(15)9-12(10)14(13)17-4-2/h6,8,11H,3-5,7,9,15H2,1-2H3/t11-/m1/s1. The maximum atomic E-state index is 6.04. The van der Waals surface area contributed by atoms with Crippen molar-refractivity contribution in [3.63, 3.8) is 0 Å².